The average Bonchev–Trinajstić information content (AvgIpc) is 3.07. The van der Waals surface area contributed by atoms with E-state index in [9.17, 15) is 8.42 Å². The van der Waals surface area contributed by atoms with Crippen molar-refractivity contribution in [1.29, 1.82) is 0 Å². The number of methoxy groups -OCH3 is 1. The van der Waals surface area contributed by atoms with E-state index >= 15 is 0 Å². The lowest BCUT2D eigenvalue weighted by Gasteiger charge is -2.11. The Morgan fingerprint density at radius 3 is 2.39 bits per heavy atom. The number of ether oxygens (including phenoxy) is 1. The highest BCUT2D eigenvalue weighted by Crippen LogP contribution is 2.35. The number of tetrazole rings is 1. The fourth-order valence-electron chi connectivity index (χ4n) is 2.35. The van der Waals surface area contributed by atoms with Crippen molar-refractivity contribution in [2.24, 2.45) is 0 Å². The monoisotopic (exact) mass is 330 g/mol. The van der Waals surface area contributed by atoms with Crippen LogP contribution in [0.25, 0.3) is 22.5 Å². The summed E-state index contributed by atoms with van der Waals surface area (Å²) in [5, 5.41) is 13.8. The second kappa shape index (κ2) is 5.81. The molecule has 0 aliphatic rings. The summed E-state index contributed by atoms with van der Waals surface area (Å²) in [6, 6.07) is 12.4. The van der Waals surface area contributed by atoms with Gasteiger partial charge in [0, 0.05) is 11.8 Å². The molecule has 118 valence electrons. The SMILES string of the molecule is COc1ccc(-c2cccc(S(C)(=O)=O)c2-c2nn[nH]n2)cc1. The van der Waals surface area contributed by atoms with Crippen LogP contribution in [0.2, 0.25) is 0 Å². The number of nitrogens with one attached hydrogen (secondary N) is 1. The predicted molar refractivity (Wildman–Crippen MR) is 84.7 cm³/mol. The summed E-state index contributed by atoms with van der Waals surface area (Å²) in [7, 11) is -1.86. The zero-order valence-corrected chi connectivity index (χ0v) is 13.3. The molecule has 23 heavy (non-hydrogen) atoms. The Morgan fingerprint density at radius 1 is 1.09 bits per heavy atom. The number of aromatic amines is 1. The Labute approximate surface area is 133 Å². The molecular formula is C15H14N4O3S. The van der Waals surface area contributed by atoms with Crippen LogP contribution in [0, 0.1) is 0 Å². The first-order valence-corrected chi connectivity index (χ1v) is 8.61. The molecule has 0 radical (unpaired) electrons. The summed E-state index contributed by atoms with van der Waals surface area (Å²) in [5.41, 5.74) is 1.96. The number of hydrogen-bond donors (Lipinski definition) is 1. The maximum atomic E-state index is 12.1. The Balaban J connectivity index is 2.28. The van der Waals surface area contributed by atoms with Gasteiger partial charge in [-0.15, -0.1) is 10.2 Å². The molecule has 0 amide bonds. The van der Waals surface area contributed by atoms with Crippen molar-refractivity contribution in [2.75, 3.05) is 13.4 Å². The predicted octanol–water partition coefficient (Wildman–Crippen LogP) is 1.95. The van der Waals surface area contributed by atoms with Crippen LogP contribution in [-0.4, -0.2) is 42.4 Å². The number of hydrogen-bond acceptors (Lipinski definition) is 6. The van der Waals surface area contributed by atoms with Gasteiger partial charge in [0.15, 0.2) is 9.84 Å². The smallest absolute Gasteiger partial charge is 0.206 e. The van der Waals surface area contributed by atoms with Gasteiger partial charge in [0.05, 0.1) is 12.0 Å². The maximum Gasteiger partial charge on any atom is 0.206 e. The van der Waals surface area contributed by atoms with E-state index in [-0.39, 0.29) is 10.7 Å². The highest BCUT2D eigenvalue weighted by molar-refractivity contribution is 7.90. The lowest BCUT2D eigenvalue weighted by molar-refractivity contribution is 0.415. The zero-order valence-electron chi connectivity index (χ0n) is 12.5. The second-order valence-electron chi connectivity index (χ2n) is 4.91. The van der Waals surface area contributed by atoms with Gasteiger partial charge in [-0.2, -0.15) is 5.21 Å². The number of aromatic nitrogens is 4. The molecule has 7 nitrogen and oxygen atoms in total. The molecule has 3 rings (SSSR count). The van der Waals surface area contributed by atoms with Gasteiger partial charge in [0.25, 0.3) is 0 Å². The number of rotatable bonds is 4. The molecule has 0 fully saturated rings. The van der Waals surface area contributed by atoms with Crippen LogP contribution < -0.4 is 4.74 Å². The van der Waals surface area contributed by atoms with Gasteiger partial charge in [-0.1, -0.05) is 24.3 Å². The summed E-state index contributed by atoms with van der Waals surface area (Å²) in [4.78, 5) is 0.159. The van der Waals surface area contributed by atoms with Crippen molar-refractivity contribution in [3.8, 4) is 28.3 Å². The van der Waals surface area contributed by atoms with Crippen molar-refractivity contribution < 1.29 is 13.2 Å². The molecule has 0 bridgehead atoms. The van der Waals surface area contributed by atoms with E-state index in [1.165, 1.54) is 6.07 Å². The van der Waals surface area contributed by atoms with E-state index in [0.29, 0.717) is 16.9 Å². The van der Waals surface area contributed by atoms with Gasteiger partial charge in [-0.05, 0) is 34.5 Å². The van der Waals surface area contributed by atoms with Gasteiger partial charge in [0.1, 0.15) is 5.75 Å². The molecule has 1 N–H and O–H groups in total. The number of sulfone groups is 1. The normalized spacial score (nSPS) is 11.4. The molecule has 0 saturated heterocycles. The topological polar surface area (TPSA) is 97.8 Å². The minimum absolute atomic E-state index is 0.159. The van der Waals surface area contributed by atoms with E-state index < -0.39 is 9.84 Å². The summed E-state index contributed by atoms with van der Waals surface area (Å²) in [6.45, 7) is 0. The van der Waals surface area contributed by atoms with Crippen molar-refractivity contribution >= 4 is 9.84 Å². The fraction of sp³-hybridized carbons (Fsp3) is 0.133. The Kier molecular flexibility index (Phi) is 3.83. The third-order valence-electron chi connectivity index (χ3n) is 3.40. The molecular weight excluding hydrogens is 316 g/mol. The summed E-state index contributed by atoms with van der Waals surface area (Å²) in [6.07, 6.45) is 1.16. The number of nitrogens with zero attached hydrogens (tertiary/aromatic N) is 3. The van der Waals surface area contributed by atoms with Gasteiger partial charge >= 0.3 is 0 Å². The minimum atomic E-state index is -3.45. The van der Waals surface area contributed by atoms with E-state index in [1.54, 1.807) is 13.2 Å². The van der Waals surface area contributed by atoms with Crippen molar-refractivity contribution in [3.05, 3.63) is 42.5 Å². The molecule has 0 aliphatic heterocycles. The molecule has 0 unspecified atom stereocenters. The molecule has 1 heterocycles. The quantitative estimate of drug-likeness (QED) is 0.785. The van der Waals surface area contributed by atoms with Gasteiger partial charge in [-0.25, -0.2) is 8.42 Å². The Hall–Kier alpha value is -2.74. The van der Waals surface area contributed by atoms with Gasteiger partial charge < -0.3 is 4.74 Å². The van der Waals surface area contributed by atoms with Crippen molar-refractivity contribution in [3.63, 3.8) is 0 Å². The van der Waals surface area contributed by atoms with Crippen LogP contribution >= 0.6 is 0 Å². The Bertz CT molecular complexity index is 920. The Morgan fingerprint density at radius 2 is 1.83 bits per heavy atom. The van der Waals surface area contributed by atoms with Crippen molar-refractivity contribution in [2.45, 2.75) is 4.90 Å². The molecule has 0 atom stereocenters. The van der Waals surface area contributed by atoms with Crippen LogP contribution in [0.15, 0.2) is 47.4 Å². The molecule has 0 saturated carbocycles. The third-order valence-corrected chi connectivity index (χ3v) is 4.53. The molecule has 1 aromatic heterocycles. The minimum Gasteiger partial charge on any atom is -0.497 e. The number of benzene rings is 2. The first kappa shape index (κ1) is 15.2. The maximum absolute atomic E-state index is 12.1. The lowest BCUT2D eigenvalue weighted by atomic mass is 9.99. The fourth-order valence-corrected chi connectivity index (χ4v) is 3.25. The third kappa shape index (κ3) is 2.93. The molecule has 0 aliphatic carbocycles. The van der Waals surface area contributed by atoms with E-state index in [2.05, 4.69) is 20.6 Å². The van der Waals surface area contributed by atoms with Gasteiger partial charge in [-0.3, -0.25) is 0 Å². The summed E-state index contributed by atoms with van der Waals surface area (Å²) < 4.78 is 29.4. The molecule has 3 aromatic rings. The van der Waals surface area contributed by atoms with E-state index in [4.69, 9.17) is 4.74 Å². The second-order valence-corrected chi connectivity index (χ2v) is 6.90. The van der Waals surface area contributed by atoms with Gasteiger partial charge in [0.2, 0.25) is 5.82 Å². The van der Waals surface area contributed by atoms with Crippen LogP contribution in [0.1, 0.15) is 0 Å². The molecule has 8 heteroatoms. The van der Waals surface area contributed by atoms with E-state index in [1.807, 2.05) is 30.3 Å². The molecule has 2 aromatic carbocycles. The van der Waals surface area contributed by atoms with E-state index in [0.717, 1.165) is 11.8 Å². The first-order valence-electron chi connectivity index (χ1n) is 6.72. The summed E-state index contributed by atoms with van der Waals surface area (Å²) in [5.74, 6) is 0.950. The highest BCUT2D eigenvalue weighted by Gasteiger charge is 2.21. The molecule has 0 spiro atoms. The zero-order chi connectivity index (χ0) is 16.4. The van der Waals surface area contributed by atoms with Crippen molar-refractivity contribution in [1.82, 2.24) is 20.6 Å². The largest absolute Gasteiger partial charge is 0.497 e. The highest BCUT2D eigenvalue weighted by atomic mass is 32.2. The standard InChI is InChI=1S/C15H14N4O3S/c1-22-11-8-6-10(7-9-11)12-4-3-5-13(23(2,20)21)14(12)15-16-18-19-17-15/h3-9H,1-2H3,(H,16,17,18,19). The summed E-state index contributed by atoms with van der Waals surface area (Å²) >= 11 is 0. The average molecular weight is 330 g/mol. The van der Waals surface area contributed by atoms with Crippen LogP contribution in [0.4, 0.5) is 0 Å². The number of H-pyrrole nitrogens is 1. The first-order chi connectivity index (χ1) is 11.0. The van der Waals surface area contributed by atoms with Crippen LogP contribution in [0.5, 0.6) is 5.75 Å². The lowest BCUT2D eigenvalue weighted by Crippen LogP contribution is -2.02. The van der Waals surface area contributed by atoms with Crippen LogP contribution in [-0.2, 0) is 9.84 Å². The van der Waals surface area contributed by atoms with Crippen LogP contribution in [0.3, 0.4) is 0 Å².